The standard InChI is InChI=1S/C16H26N2O3/c1-4-9-17-13(2)14-7-5-6-8-15(14)21-12-16(19)18-10-11-20-3/h5-8,13,17H,4,9-12H2,1-3H3,(H,18,19). The molecule has 0 aliphatic rings. The van der Waals surface area contributed by atoms with Crippen LogP contribution in [0.1, 0.15) is 31.9 Å². The summed E-state index contributed by atoms with van der Waals surface area (Å²) in [5.74, 6) is 0.603. The van der Waals surface area contributed by atoms with Crippen molar-refractivity contribution in [1.82, 2.24) is 10.6 Å². The van der Waals surface area contributed by atoms with Gasteiger partial charge < -0.3 is 20.1 Å². The second kappa shape index (κ2) is 10.2. The monoisotopic (exact) mass is 294 g/mol. The first-order valence-corrected chi connectivity index (χ1v) is 7.39. The van der Waals surface area contributed by atoms with Crippen LogP contribution < -0.4 is 15.4 Å². The van der Waals surface area contributed by atoms with Gasteiger partial charge in [0.05, 0.1) is 6.61 Å². The zero-order valence-electron chi connectivity index (χ0n) is 13.1. The predicted molar refractivity (Wildman–Crippen MR) is 83.5 cm³/mol. The van der Waals surface area contributed by atoms with Gasteiger partial charge in [-0.2, -0.15) is 0 Å². The predicted octanol–water partition coefficient (Wildman–Crippen LogP) is 1.89. The van der Waals surface area contributed by atoms with E-state index < -0.39 is 0 Å². The zero-order valence-corrected chi connectivity index (χ0v) is 13.1. The summed E-state index contributed by atoms with van der Waals surface area (Å²) in [6, 6.07) is 7.99. The van der Waals surface area contributed by atoms with Gasteiger partial charge in [-0.15, -0.1) is 0 Å². The van der Waals surface area contributed by atoms with Crippen LogP contribution in [-0.4, -0.2) is 39.3 Å². The molecule has 0 saturated carbocycles. The molecule has 2 N–H and O–H groups in total. The van der Waals surface area contributed by atoms with Crippen molar-refractivity contribution < 1.29 is 14.3 Å². The molecule has 1 atom stereocenters. The molecule has 0 spiro atoms. The summed E-state index contributed by atoms with van der Waals surface area (Å²) in [6.45, 7) is 6.19. The van der Waals surface area contributed by atoms with E-state index >= 15 is 0 Å². The Labute approximate surface area is 127 Å². The lowest BCUT2D eigenvalue weighted by atomic mass is 10.1. The molecule has 0 aromatic heterocycles. The topological polar surface area (TPSA) is 59.6 Å². The van der Waals surface area contributed by atoms with Crippen molar-refractivity contribution in [3.63, 3.8) is 0 Å². The number of carbonyl (C=O) groups is 1. The molecule has 1 rings (SSSR count). The Kier molecular flexibility index (Phi) is 8.47. The summed E-state index contributed by atoms with van der Waals surface area (Å²) in [5.41, 5.74) is 1.07. The maximum Gasteiger partial charge on any atom is 0.258 e. The van der Waals surface area contributed by atoms with Crippen molar-refractivity contribution in [3.8, 4) is 5.75 Å². The second-order valence-corrected chi connectivity index (χ2v) is 4.85. The van der Waals surface area contributed by atoms with E-state index in [1.165, 1.54) is 0 Å². The number of methoxy groups -OCH3 is 1. The highest BCUT2D eigenvalue weighted by Gasteiger charge is 2.11. The summed E-state index contributed by atoms with van der Waals surface area (Å²) < 4.78 is 10.5. The smallest absolute Gasteiger partial charge is 0.258 e. The van der Waals surface area contributed by atoms with Gasteiger partial charge in [0, 0.05) is 25.3 Å². The van der Waals surface area contributed by atoms with Gasteiger partial charge >= 0.3 is 0 Å². The van der Waals surface area contributed by atoms with E-state index in [9.17, 15) is 4.79 Å². The third kappa shape index (κ3) is 6.60. The fourth-order valence-corrected chi connectivity index (χ4v) is 1.93. The lowest BCUT2D eigenvalue weighted by molar-refractivity contribution is -0.123. The molecule has 0 aliphatic heterocycles. The van der Waals surface area contributed by atoms with Gasteiger partial charge in [-0.1, -0.05) is 25.1 Å². The van der Waals surface area contributed by atoms with E-state index in [1.807, 2.05) is 24.3 Å². The van der Waals surface area contributed by atoms with Crippen LogP contribution in [0.2, 0.25) is 0 Å². The first-order chi connectivity index (χ1) is 10.2. The highest BCUT2D eigenvalue weighted by atomic mass is 16.5. The number of hydrogen-bond donors (Lipinski definition) is 2. The van der Waals surface area contributed by atoms with Crippen molar-refractivity contribution in [2.45, 2.75) is 26.3 Å². The summed E-state index contributed by atoms with van der Waals surface area (Å²) in [7, 11) is 1.60. The van der Waals surface area contributed by atoms with Gasteiger partial charge in [-0.05, 0) is 26.0 Å². The van der Waals surface area contributed by atoms with Gasteiger partial charge in [-0.3, -0.25) is 4.79 Å². The SMILES string of the molecule is CCCNC(C)c1ccccc1OCC(=O)NCCOC. The summed E-state index contributed by atoms with van der Waals surface area (Å²) >= 11 is 0. The number of ether oxygens (including phenoxy) is 2. The molecule has 1 amide bonds. The third-order valence-electron chi connectivity index (χ3n) is 3.07. The molecule has 1 aromatic carbocycles. The molecule has 0 saturated heterocycles. The minimum absolute atomic E-state index is 0.0151. The largest absolute Gasteiger partial charge is 0.483 e. The molecule has 0 fully saturated rings. The Balaban J connectivity index is 2.52. The number of benzene rings is 1. The first-order valence-electron chi connectivity index (χ1n) is 7.39. The Hall–Kier alpha value is -1.59. The van der Waals surface area contributed by atoms with Crippen LogP contribution in [0.25, 0.3) is 0 Å². The third-order valence-corrected chi connectivity index (χ3v) is 3.07. The number of para-hydroxylation sites is 1. The Morgan fingerprint density at radius 2 is 2.05 bits per heavy atom. The summed E-state index contributed by atoms with van der Waals surface area (Å²) in [4.78, 5) is 11.6. The van der Waals surface area contributed by atoms with Crippen molar-refractivity contribution >= 4 is 5.91 Å². The van der Waals surface area contributed by atoms with E-state index in [0.717, 1.165) is 24.3 Å². The second-order valence-electron chi connectivity index (χ2n) is 4.85. The molecule has 5 nitrogen and oxygen atoms in total. The van der Waals surface area contributed by atoms with Crippen LogP contribution in [0.5, 0.6) is 5.75 Å². The van der Waals surface area contributed by atoms with Crippen LogP contribution >= 0.6 is 0 Å². The van der Waals surface area contributed by atoms with E-state index in [1.54, 1.807) is 7.11 Å². The van der Waals surface area contributed by atoms with Crippen LogP contribution in [0.4, 0.5) is 0 Å². The van der Waals surface area contributed by atoms with Crippen molar-refractivity contribution in [3.05, 3.63) is 29.8 Å². The normalized spacial score (nSPS) is 12.0. The summed E-state index contributed by atoms with van der Waals surface area (Å²) in [6.07, 6.45) is 1.08. The van der Waals surface area contributed by atoms with Gasteiger partial charge in [0.15, 0.2) is 6.61 Å². The van der Waals surface area contributed by atoms with Crippen LogP contribution in [-0.2, 0) is 9.53 Å². The van der Waals surface area contributed by atoms with E-state index in [0.29, 0.717) is 13.2 Å². The highest BCUT2D eigenvalue weighted by molar-refractivity contribution is 5.77. The molecule has 0 radical (unpaired) electrons. The molecule has 21 heavy (non-hydrogen) atoms. The van der Waals surface area contributed by atoms with Gasteiger partial charge in [0.1, 0.15) is 5.75 Å². The molecule has 5 heteroatoms. The quantitative estimate of drug-likeness (QED) is 0.647. The number of rotatable bonds is 10. The van der Waals surface area contributed by atoms with Gasteiger partial charge in [-0.25, -0.2) is 0 Å². The van der Waals surface area contributed by atoms with E-state index in [4.69, 9.17) is 9.47 Å². The molecule has 0 aliphatic carbocycles. The Morgan fingerprint density at radius 3 is 2.76 bits per heavy atom. The maximum atomic E-state index is 11.6. The minimum atomic E-state index is -0.143. The fourth-order valence-electron chi connectivity index (χ4n) is 1.93. The maximum absolute atomic E-state index is 11.6. The highest BCUT2D eigenvalue weighted by Crippen LogP contribution is 2.24. The lowest BCUT2D eigenvalue weighted by Gasteiger charge is -2.18. The lowest BCUT2D eigenvalue weighted by Crippen LogP contribution is -2.31. The summed E-state index contributed by atoms with van der Waals surface area (Å²) in [5, 5.41) is 6.15. The number of hydrogen-bond acceptors (Lipinski definition) is 4. The van der Waals surface area contributed by atoms with Crippen LogP contribution in [0.15, 0.2) is 24.3 Å². The number of carbonyl (C=O) groups excluding carboxylic acids is 1. The minimum Gasteiger partial charge on any atom is -0.483 e. The number of amides is 1. The molecule has 1 unspecified atom stereocenters. The van der Waals surface area contributed by atoms with Crippen molar-refractivity contribution in [2.24, 2.45) is 0 Å². The molecule has 0 heterocycles. The van der Waals surface area contributed by atoms with E-state index in [2.05, 4.69) is 24.5 Å². The van der Waals surface area contributed by atoms with Crippen molar-refractivity contribution in [1.29, 1.82) is 0 Å². The van der Waals surface area contributed by atoms with Crippen molar-refractivity contribution in [2.75, 3.05) is 33.4 Å². The van der Waals surface area contributed by atoms with Gasteiger partial charge in [0.2, 0.25) is 0 Å². The van der Waals surface area contributed by atoms with Gasteiger partial charge in [0.25, 0.3) is 5.91 Å². The average Bonchev–Trinajstić information content (AvgIpc) is 2.51. The van der Waals surface area contributed by atoms with Crippen LogP contribution in [0, 0.1) is 0 Å². The Bertz CT molecular complexity index is 424. The Morgan fingerprint density at radius 1 is 1.29 bits per heavy atom. The molecule has 118 valence electrons. The first kappa shape index (κ1) is 17.5. The molecule has 1 aromatic rings. The molecular formula is C16H26N2O3. The number of nitrogens with one attached hydrogen (secondary N) is 2. The van der Waals surface area contributed by atoms with Crippen LogP contribution in [0.3, 0.4) is 0 Å². The molecular weight excluding hydrogens is 268 g/mol. The fraction of sp³-hybridized carbons (Fsp3) is 0.562. The van der Waals surface area contributed by atoms with E-state index in [-0.39, 0.29) is 18.6 Å². The average molecular weight is 294 g/mol. The molecule has 0 bridgehead atoms. The zero-order chi connectivity index (χ0) is 15.5.